The summed E-state index contributed by atoms with van der Waals surface area (Å²) in [6, 6.07) is 29.8. The summed E-state index contributed by atoms with van der Waals surface area (Å²) in [5, 5.41) is 0. The van der Waals surface area contributed by atoms with Gasteiger partial charge in [-0.2, -0.15) is 101 Å². The third-order valence-electron chi connectivity index (χ3n) is 10.0. The number of hydrogen-bond donors (Lipinski definition) is 0. The van der Waals surface area contributed by atoms with Gasteiger partial charge in [0.2, 0.25) is 0 Å². The fourth-order valence-corrected chi connectivity index (χ4v) is 9.17. The Balaban J connectivity index is 1.66. The maximum atomic E-state index is 15.8. The summed E-state index contributed by atoms with van der Waals surface area (Å²) in [6.07, 6.45) is -8.18. The van der Waals surface area contributed by atoms with Crippen LogP contribution in [0, 0.1) is 0 Å². The Hall–Kier alpha value is -5.69. The van der Waals surface area contributed by atoms with Crippen LogP contribution in [-0.4, -0.2) is 71.4 Å². The second kappa shape index (κ2) is 17.1. The highest BCUT2D eigenvalue weighted by molar-refractivity contribution is 8.30. The average Bonchev–Trinajstić information content (AvgIpc) is 3.28. The van der Waals surface area contributed by atoms with E-state index in [9.17, 15) is 79.4 Å². The average molecular weight is 1030 g/mol. The van der Waals surface area contributed by atoms with Gasteiger partial charge >= 0.3 is 71.4 Å². The lowest BCUT2D eigenvalue weighted by Crippen LogP contribution is -2.78. The molecule has 0 saturated heterocycles. The minimum atomic E-state index is -9.59. The topological polar surface area (TPSA) is 26.3 Å². The van der Waals surface area contributed by atoms with Crippen molar-refractivity contribution in [2.75, 3.05) is 0 Å². The highest BCUT2D eigenvalue weighted by Gasteiger charge is 2.99. The van der Waals surface area contributed by atoms with E-state index >= 15 is 26.3 Å². The van der Waals surface area contributed by atoms with Gasteiger partial charge in [0, 0.05) is 14.7 Å². The quantitative estimate of drug-likeness (QED) is 0.0921. The first-order valence-corrected chi connectivity index (χ1v) is 19.7. The molecule has 5 aromatic rings. The summed E-state index contributed by atoms with van der Waals surface area (Å²) in [7, 11) is -4.54. The molecule has 5 aromatic carbocycles. The molecule has 0 saturated carbocycles. The molecule has 26 heteroatoms. The van der Waals surface area contributed by atoms with Crippen LogP contribution in [0.25, 0.3) is 22.3 Å². The van der Waals surface area contributed by atoms with E-state index in [1.54, 1.807) is 60.7 Å². The molecule has 0 heterocycles. The Morgan fingerprint density at radius 1 is 0.294 bits per heavy atom. The van der Waals surface area contributed by atoms with Crippen molar-refractivity contribution in [2.24, 2.45) is 0 Å². The van der Waals surface area contributed by atoms with Crippen LogP contribution in [0.5, 0.6) is 0 Å². The molecular weight excluding hydrogens is 1010 g/mol. The Bertz CT molecular complexity index is 2470. The Morgan fingerprint density at radius 2 is 0.529 bits per heavy atom. The fourth-order valence-electron chi connectivity index (χ4n) is 6.15. The second-order valence-electron chi connectivity index (χ2n) is 14.3. The van der Waals surface area contributed by atoms with Crippen molar-refractivity contribution in [3.63, 3.8) is 0 Å². The van der Waals surface area contributed by atoms with E-state index in [-0.39, 0.29) is 0 Å². The van der Waals surface area contributed by atoms with E-state index in [1.165, 1.54) is 30.3 Å². The summed E-state index contributed by atoms with van der Waals surface area (Å²) in [5.41, 5.74) is 1.52. The summed E-state index contributed by atoms with van der Waals surface area (Å²) >= 11 is 0. The molecule has 0 fully saturated rings. The number of carbonyl (C=O) groups excluding carboxylic acids is 1. The van der Waals surface area contributed by atoms with Crippen molar-refractivity contribution in [3.8, 4) is 22.3 Å². The van der Waals surface area contributed by atoms with Crippen molar-refractivity contribution in [1.82, 2.24) is 0 Å². The lowest BCUT2D eigenvalue weighted by Gasteiger charge is -2.45. The number of halogens is 23. The molecule has 0 aliphatic heterocycles. The molecule has 0 radical (unpaired) electrons. The van der Waals surface area contributed by atoms with E-state index in [0.29, 0.717) is 22.3 Å². The number of hydrogen-bond acceptors (Lipinski definition) is 2. The molecule has 2 nitrogen and oxygen atoms in total. The number of alkyl halides is 23. The minimum absolute atomic E-state index is 0.305. The number of benzene rings is 5. The Morgan fingerprint density at radius 3 is 0.824 bits per heavy atom. The van der Waals surface area contributed by atoms with Crippen LogP contribution in [0.2, 0.25) is 0 Å². The van der Waals surface area contributed by atoms with Crippen LogP contribution >= 0.6 is 10.3 Å². The van der Waals surface area contributed by atoms with Crippen molar-refractivity contribution < 1.29 is 110 Å². The van der Waals surface area contributed by atoms with Gasteiger partial charge < -0.3 is 4.18 Å². The van der Waals surface area contributed by atoms with Gasteiger partial charge in [-0.25, -0.2) is 4.79 Å². The number of carbonyl (C=O) groups is 1. The van der Waals surface area contributed by atoms with Crippen molar-refractivity contribution >= 4 is 16.3 Å². The largest absolute Gasteiger partial charge is 0.460 e. The van der Waals surface area contributed by atoms with Gasteiger partial charge in [-0.05, 0) is 69.0 Å². The lowest BCUT2D eigenvalue weighted by molar-refractivity contribution is -0.477. The summed E-state index contributed by atoms with van der Waals surface area (Å²) in [5.74, 6) is -94.8. The van der Waals surface area contributed by atoms with Gasteiger partial charge in [0.1, 0.15) is 0 Å². The monoisotopic (exact) mass is 1030 g/mol. The molecule has 0 amide bonds. The van der Waals surface area contributed by atoms with E-state index in [2.05, 4.69) is 0 Å². The van der Waals surface area contributed by atoms with Gasteiger partial charge in [0.15, 0.2) is 0 Å². The smallest absolute Gasteiger partial charge is 0.397 e. The lowest BCUT2D eigenvalue weighted by atomic mass is 9.85. The third-order valence-corrected chi connectivity index (χ3v) is 13.2. The molecule has 0 atom stereocenters. The van der Waals surface area contributed by atoms with Gasteiger partial charge in [0.05, 0.1) is 0 Å². The van der Waals surface area contributed by atoms with Crippen molar-refractivity contribution in [1.29, 1.82) is 0 Å². The number of rotatable bonds is 16. The first kappa shape index (κ1) is 53.3. The summed E-state index contributed by atoms with van der Waals surface area (Å²) in [4.78, 5) is 11.9. The highest BCUT2D eigenvalue weighted by atomic mass is 32.3. The second-order valence-corrected chi connectivity index (χ2v) is 17.0. The maximum Gasteiger partial charge on any atom is 0.460 e. The summed E-state index contributed by atoms with van der Waals surface area (Å²) in [6.45, 7) is 0. The zero-order valence-corrected chi connectivity index (χ0v) is 33.5. The van der Waals surface area contributed by atoms with Crippen molar-refractivity contribution in [2.45, 2.75) is 80.1 Å². The van der Waals surface area contributed by atoms with Crippen LogP contribution in [-0.2, 0) is 8.98 Å². The SMILES string of the molecule is O=C(OS(c1ccccc1)(c1ccc(-c2ccccc2)cc1)c1ccc(-c2ccccc2)cc1)C(F)(F)C(F)(F)C(F)(F)C(F)(F)C(F)(F)C(F)(F)C(F)(F)C(F)(F)C(F)(F)C(F)(F)C(F)(F)F. The Labute approximate surface area is 367 Å². The van der Waals surface area contributed by atoms with Gasteiger partial charge in [-0.3, -0.25) is 0 Å². The summed E-state index contributed by atoms with van der Waals surface area (Å²) < 4.78 is 333. The standard InChI is InChI=1S/C42H23F23O2S/c43-32(44,33(45,46)34(47,48)35(49,50)36(51,52)37(53,54)38(55,56)39(57,58)40(59,60)41(61,62)42(63,64)65)31(66)67-68(28-14-8-3-9-15-28,29-20-16-26(17-21-29)24-10-4-1-5-11-24)30-22-18-27(19-23-30)25-12-6-2-7-13-25/h1-23H. The van der Waals surface area contributed by atoms with Crippen molar-refractivity contribution in [3.05, 3.63) is 140 Å². The molecule has 0 unspecified atom stereocenters. The van der Waals surface area contributed by atoms with Gasteiger partial charge in [0.25, 0.3) is 0 Å². The molecule has 0 spiro atoms. The van der Waals surface area contributed by atoms with Crippen LogP contribution in [0.3, 0.4) is 0 Å². The zero-order chi connectivity index (χ0) is 51.6. The predicted molar refractivity (Wildman–Crippen MR) is 194 cm³/mol. The zero-order valence-electron chi connectivity index (χ0n) is 32.7. The molecule has 370 valence electrons. The highest BCUT2D eigenvalue weighted by Crippen LogP contribution is 2.71. The minimum Gasteiger partial charge on any atom is -0.397 e. The molecule has 0 aliphatic rings. The van der Waals surface area contributed by atoms with Crippen LogP contribution in [0.4, 0.5) is 101 Å². The maximum absolute atomic E-state index is 15.8. The molecule has 0 aliphatic carbocycles. The molecule has 0 aromatic heterocycles. The predicted octanol–water partition coefficient (Wildman–Crippen LogP) is 15.7. The molecular formula is C42H23F23O2S. The molecule has 0 N–H and O–H groups in total. The fraction of sp³-hybridized carbons (Fsp3) is 0.262. The van der Waals surface area contributed by atoms with Gasteiger partial charge in [-0.1, -0.05) is 103 Å². The van der Waals surface area contributed by atoms with Crippen LogP contribution in [0.15, 0.2) is 154 Å². The molecule has 0 bridgehead atoms. The van der Waals surface area contributed by atoms with E-state index in [0.717, 1.165) is 48.5 Å². The van der Waals surface area contributed by atoms with Gasteiger partial charge in [-0.15, -0.1) is 0 Å². The van der Waals surface area contributed by atoms with E-state index < -0.39 is 96.4 Å². The first-order chi connectivity index (χ1) is 30.9. The van der Waals surface area contributed by atoms with Crippen LogP contribution in [0.1, 0.15) is 0 Å². The van der Waals surface area contributed by atoms with Crippen LogP contribution < -0.4 is 0 Å². The molecule has 5 rings (SSSR count). The Kier molecular flexibility index (Phi) is 13.4. The van der Waals surface area contributed by atoms with E-state index in [4.69, 9.17) is 4.18 Å². The third kappa shape index (κ3) is 7.76. The first-order valence-electron chi connectivity index (χ1n) is 18.2. The normalized spacial score (nSPS) is 14.7. The van der Waals surface area contributed by atoms with E-state index in [1.807, 2.05) is 0 Å². The molecule has 68 heavy (non-hydrogen) atoms.